The Balaban J connectivity index is 0.000000219. The van der Waals surface area contributed by atoms with Crippen LogP contribution in [0.25, 0.3) is 6.08 Å². The Hall–Kier alpha value is -7.91. The van der Waals surface area contributed by atoms with Crippen LogP contribution in [0.5, 0.6) is 57.5 Å². The number of methoxy groups -OCH3 is 12. The third kappa shape index (κ3) is 20.6. The molecule has 0 saturated heterocycles. The molecule has 0 unspecified atom stereocenters. The molecule has 3 aliphatic rings. The minimum absolute atomic E-state index is 0.0257. The average molecular weight is 1150 g/mol. The van der Waals surface area contributed by atoms with Gasteiger partial charge in [0.25, 0.3) is 0 Å². The van der Waals surface area contributed by atoms with Crippen LogP contribution in [0, 0.1) is 0 Å². The number of rotatable bonds is 18. The topological polar surface area (TPSA) is 227 Å². The maximum absolute atomic E-state index is 11.8. The summed E-state index contributed by atoms with van der Waals surface area (Å²) in [5.74, 6) is 6.76. The second-order valence-corrected chi connectivity index (χ2v) is 18.2. The highest BCUT2D eigenvalue weighted by Gasteiger charge is 2.19. The van der Waals surface area contributed by atoms with E-state index in [2.05, 4.69) is 33.4 Å². The Labute approximate surface area is 479 Å². The molecule has 5 aromatic carbocycles. The van der Waals surface area contributed by atoms with Crippen LogP contribution in [0.4, 0.5) is 0 Å². The van der Waals surface area contributed by atoms with Gasteiger partial charge in [-0.15, -0.1) is 0 Å². The van der Waals surface area contributed by atoms with Crippen molar-refractivity contribution in [1.29, 1.82) is 0 Å². The van der Waals surface area contributed by atoms with Crippen molar-refractivity contribution < 1.29 is 76.0 Å². The number of carbonyl (C=O) groups excluding carboxylic acids is 4. The van der Waals surface area contributed by atoms with Gasteiger partial charge in [0.15, 0.2) is 63.8 Å². The van der Waals surface area contributed by atoms with Gasteiger partial charge >= 0.3 is 0 Å². The highest BCUT2D eigenvalue weighted by atomic mass is 35.5. The van der Waals surface area contributed by atoms with Crippen LogP contribution < -0.4 is 68.6 Å². The Morgan fingerprint density at radius 1 is 0.481 bits per heavy atom. The Kier molecular flexibility index (Phi) is 28.3. The van der Waals surface area contributed by atoms with Gasteiger partial charge in [0.05, 0.1) is 96.9 Å². The Morgan fingerprint density at radius 3 is 1.33 bits per heavy atom. The van der Waals surface area contributed by atoms with E-state index >= 15 is 0 Å². The van der Waals surface area contributed by atoms with Crippen molar-refractivity contribution in [3.8, 4) is 57.5 Å². The van der Waals surface area contributed by atoms with E-state index in [1.807, 2.05) is 36.4 Å². The van der Waals surface area contributed by atoms with Gasteiger partial charge in [-0.25, -0.2) is 0 Å². The highest BCUT2D eigenvalue weighted by Crippen LogP contribution is 2.35. The molecule has 0 saturated carbocycles. The number of nitrogens with one attached hydrogen (secondary N) is 4. The fraction of sp³-hybridized carbons (Fsp3) is 0.400. The number of hydrogen-bond acceptors (Lipinski definition) is 17. The van der Waals surface area contributed by atoms with Gasteiger partial charge in [-0.05, 0) is 155 Å². The molecule has 0 aliphatic carbocycles. The number of carbonyl (C=O) groups is 4. The zero-order valence-corrected chi connectivity index (χ0v) is 49.1. The van der Waals surface area contributed by atoms with Crippen molar-refractivity contribution >= 4 is 40.6 Å². The van der Waals surface area contributed by atoms with Crippen LogP contribution in [0.2, 0.25) is 0 Å². The lowest BCUT2D eigenvalue weighted by Gasteiger charge is -2.14. The first-order valence-electron chi connectivity index (χ1n) is 25.7. The summed E-state index contributed by atoms with van der Waals surface area (Å²) in [6.07, 6.45) is 7.22. The standard InChI is InChI=1S/C14H21NO5.C12H15NO3.C12H13NO3.C12H17NO2.C10H11ClO3/c1-17-11-6-5-10(7-12(11)18-2)8-13(16)15-9-14(19-3)20-4;2*1-15-10-5-8-3-4-13-12(14)7-9(8)6-11(10)16-2;1-14-11-7-9-3-5-13-6-4-10(9)8-12(11)15-2;1-13-8-4-3-7(6-10(11)12)5-9(8)14-2/h5-7,14H,8-9H2,1-4H3,(H,15,16);5-6H,3-4,7H2,1-2H3,(H,13,14);3-6H,7H2,1-2H3,(H,13,14);7-8,13H,3-6H2,1-2H3;3-5H,6H2,1-2H3. The third-order valence-electron chi connectivity index (χ3n) is 12.7. The zero-order valence-electron chi connectivity index (χ0n) is 48.3. The number of benzene rings is 5. The van der Waals surface area contributed by atoms with E-state index in [1.165, 1.54) is 25.3 Å². The largest absolute Gasteiger partial charge is 0.493 e. The lowest BCUT2D eigenvalue weighted by molar-refractivity contribution is -0.126. The van der Waals surface area contributed by atoms with Crippen LogP contribution in [0.15, 0.2) is 79.0 Å². The van der Waals surface area contributed by atoms with Crippen LogP contribution in [0.3, 0.4) is 0 Å². The van der Waals surface area contributed by atoms with Gasteiger partial charge < -0.3 is 78.1 Å². The second kappa shape index (κ2) is 35.0. The minimum atomic E-state index is -0.440. The van der Waals surface area contributed by atoms with Crippen molar-refractivity contribution in [2.45, 2.75) is 51.2 Å². The first-order valence-corrected chi connectivity index (χ1v) is 26.1. The van der Waals surface area contributed by atoms with Crippen LogP contribution in [-0.4, -0.2) is 141 Å². The molecule has 21 heteroatoms. The lowest BCUT2D eigenvalue weighted by Crippen LogP contribution is -2.34. The van der Waals surface area contributed by atoms with Crippen molar-refractivity contribution in [2.24, 2.45) is 0 Å². The molecule has 440 valence electrons. The molecule has 8 rings (SSSR count). The number of hydrogen-bond donors (Lipinski definition) is 4. The lowest BCUT2D eigenvalue weighted by atomic mass is 10.0. The summed E-state index contributed by atoms with van der Waals surface area (Å²) in [5, 5.41) is 11.2. The van der Waals surface area contributed by atoms with Crippen molar-refractivity contribution in [3.05, 3.63) is 124 Å². The van der Waals surface area contributed by atoms with E-state index in [-0.39, 0.29) is 30.6 Å². The first-order chi connectivity index (χ1) is 39.1. The maximum Gasteiger partial charge on any atom is 0.228 e. The fourth-order valence-electron chi connectivity index (χ4n) is 8.48. The number of ether oxygens (including phenoxy) is 12. The molecule has 3 aliphatic heterocycles. The van der Waals surface area contributed by atoms with Crippen molar-refractivity contribution in [2.75, 3.05) is 111 Å². The number of fused-ring (bicyclic) bond motifs is 3. The van der Waals surface area contributed by atoms with E-state index in [1.54, 1.807) is 108 Å². The third-order valence-corrected chi connectivity index (χ3v) is 12.9. The monoisotopic (exact) mass is 1140 g/mol. The molecule has 3 heterocycles. The SMILES string of the molecule is COc1cc2c(cc1OC)CC(=O)NC=C2.COc1cc2c(cc1OC)CC(=O)NCC2.COc1cc2c(cc1OC)CCNCC2.COc1ccc(CC(=O)Cl)cc1OC.COc1ccc(CC(=O)NCC(OC)OC)cc1OC. The van der Waals surface area contributed by atoms with Crippen molar-refractivity contribution in [1.82, 2.24) is 21.3 Å². The number of halogens is 1. The molecular formula is C60H77ClN4O16. The fourth-order valence-corrected chi connectivity index (χ4v) is 8.63. The predicted molar refractivity (Wildman–Crippen MR) is 308 cm³/mol. The van der Waals surface area contributed by atoms with E-state index in [9.17, 15) is 19.2 Å². The van der Waals surface area contributed by atoms with Gasteiger partial charge in [-0.3, -0.25) is 19.2 Å². The van der Waals surface area contributed by atoms with Crippen LogP contribution in [-0.2, 0) is 73.6 Å². The summed E-state index contributed by atoms with van der Waals surface area (Å²) in [7, 11) is 19.0. The molecule has 0 radical (unpaired) electrons. The average Bonchev–Trinajstić information content (AvgIpc) is 4.01. The molecule has 3 amide bonds. The predicted octanol–water partition coefficient (Wildman–Crippen LogP) is 6.65. The molecule has 20 nitrogen and oxygen atoms in total. The molecular weight excluding hydrogens is 1070 g/mol. The normalized spacial score (nSPS) is 12.7. The van der Waals surface area contributed by atoms with Gasteiger partial charge in [0.2, 0.25) is 23.0 Å². The summed E-state index contributed by atoms with van der Waals surface area (Å²) in [6, 6.07) is 22.4. The van der Waals surface area contributed by atoms with Gasteiger partial charge in [-0.2, -0.15) is 0 Å². The van der Waals surface area contributed by atoms with E-state index in [4.69, 9.17) is 68.4 Å². The van der Waals surface area contributed by atoms with E-state index in [0.717, 1.165) is 83.0 Å². The molecule has 0 bridgehead atoms. The van der Waals surface area contributed by atoms with Crippen LogP contribution in [0.1, 0.15) is 44.5 Å². The quantitative estimate of drug-likeness (QED) is 0.0532. The summed E-state index contributed by atoms with van der Waals surface area (Å²) < 4.78 is 61.9. The molecule has 81 heavy (non-hydrogen) atoms. The van der Waals surface area contributed by atoms with E-state index in [0.29, 0.717) is 66.2 Å². The second-order valence-electron chi connectivity index (χ2n) is 17.8. The summed E-state index contributed by atoms with van der Waals surface area (Å²) in [6.45, 7) is 3.07. The van der Waals surface area contributed by atoms with Gasteiger partial charge in [-0.1, -0.05) is 12.1 Å². The molecule has 0 aromatic heterocycles. The minimum Gasteiger partial charge on any atom is -0.493 e. The number of amides is 3. The Morgan fingerprint density at radius 2 is 0.877 bits per heavy atom. The summed E-state index contributed by atoms with van der Waals surface area (Å²) in [4.78, 5) is 45.3. The van der Waals surface area contributed by atoms with Gasteiger partial charge in [0, 0.05) is 33.4 Å². The summed E-state index contributed by atoms with van der Waals surface area (Å²) in [5.41, 5.74) is 8.47. The van der Waals surface area contributed by atoms with Crippen LogP contribution >= 0.6 is 11.6 Å². The van der Waals surface area contributed by atoms with Gasteiger partial charge in [0.1, 0.15) is 0 Å². The van der Waals surface area contributed by atoms with Crippen molar-refractivity contribution in [3.63, 3.8) is 0 Å². The smallest absolute Gasteiger partial charge is 0.228 e. The summed E-state index contributed by atoms with van der Waals surface area (Å²) >= 11 is 5.27. The molecule has 0 spiro atoms. The first kappa shape index (κ1) is 65.6. The van der Waals surface area contributed by atoms with E-state index < -0.39 is 11.5 Å². The maximum atomic E-state index is 11.8. The Bertz CT molecular complexity index is 2840. The molecule has 0 fully saturated rings. The zero-order chi connectivity index (χ0) is 59.3. The molecule has 4 N–H and O–H groups in total. The molecule has 0 atom stereocenters. The highest BCUT2D eigenvalue weighted by molar-refractivity contribution is 6.63. The molecule has 5 aromatic rings.